The first-order valence-electron chi connectivity index (χ1n) is 6.19. The zero-order chi connectivity index (χ0) is 15.6. The lowest BCUT2D eigenvalue weighted by Crippen LogP contribution is -2.31. The van der Waals surface area contributed by atoms with Gasteiger partial charge in [-0.3, -0.25) is 4.31 Å². The molecule has 4 nitrogen and oxygen atoms in total. The number of hydrogen-bond acceptors (Lipinski definition) is 3. The van der Waals surface area contributed by atoms with Crippen LogP contribution in [0.25, 0.3) is 0 Å². The van der Waals surface area contributed by atoms with E-state index in [4.69, 9.17) is 5.73 Å². The van der Waals surface area contributed by atoms with Crippen molar-refractivity contribution in [3.63, 3.8) is 0 Å². The summed E-state index contributed by atoms with van der Waals surface area (Å²) in [4.78, 5) is -0.00295. The number of nitrogens with zero attached hydrogens (tertiary/aromatic N) is 1. The van der Waals surface area contributed by atoms with Gasteiger partial charge >= 0.3 is 0 Å². The highest BCUT2D eigenvalue weighted by molar-refractivity contribution is 9.10. The van der Waals surface area contributed by atoms with Crippen LogP contribution in [0.15, 0.2) is 51.8 Å². The standard InChI is InChI=1S/C14H14BrFN2O2S/c1-2-18(12-5-3-4-11(16)9-12)21(19,20)14-7-6-10(15)8-13(14)17/h3-9H,2,17H2,1H3. The highest BCUT2D eigenvalue weighted by Gasteiger charge is 2.26. The predicted molar refractivity (Wildman–Crippen MR) is 85.2 cm³/mol. The third kappa shape index (κ3) is 3.19. The lowest BCUT2D eigenvalue weighted by atomic mass is 10.3. The predicted octanol–water partition coefficient (Wildman–Crippen LogP) is 3.39. The molecule has 0 bridgehead atoms. The molecule has 0 saturated carbocycles. The molecule has 2 aromatic rings. The Morgan fingerprint density at radius 1 is 1.24 bits per heavy atom. The van der Waals surface area contributed by atoms with E-state index in [0.29, 0.717) is 4.47 Å². The molecule has 0 amide bonds. The summed E-state index contributed by atoms with van der Waals surface area (Å²) in [6, 6.07) is 9.99. The van der Waals surface area contributed by atoms with Crippen molar-refractivity contribution in [2.75, 3.05) is 16.6 Å². The Labute approximate surface area is 131 Å². The maximum absolute atomic E-state index is 13.3. The minimum atomic E-state index is -3.85. The molecular weight excluding hydrogens is 359 g/mol. The SMILES string of the molecule is CCN(c1cccc(F)c1)S(=O)(=O)c1ccc(Br)cc1N. The second-order valence-electron chi connectivity index (χ2n) is 4.33. The topological polar surface area (TPSA) is 63.4 Å². The first-order chi connectivity index (χ1) is 9.86. The van der Waals surface area contributed by atoms with Crippen LogP contribution in [0.4, 0.5) is 15.8 Å². The van der Waals surface area contributed by atoms with Crippen molar-refractivity contribution in [3.8, 4) is 0 Å². The van der Waals surface area contributed by atoms with E-state index >= 15 is 0 Å². The molecule has 2 N–H and O–H groups in total. The van der Waals surface area contributed by atoms with E-state index in [1.54, 1.807) is 19.1 Å². The van der Waals surface area contributed by atoms with Crippen LogP contribution in [-0.4, -0.2) is 15.0 Å². The Bertz CT molecular complexity index is 765. The quantitative estimate of drug-likeness (QED) is 0.836. The molecule has 7 heteroatoms. The Kier molecular flexibility index (Phi) is 4.53. The number of sulfonamides is 1. The van der Waals surface area contributed by atoms with E-state index in [-0.39, 0.29) is 22.8 Å². The third-order valence-electron chi connectivity index (χ3n) is 2.92. The van der Waals surface area contributed by atoms with Gasteiger partial charge in [-0.2, -0.15) is 0 Å². The highest BCUT2D eigenvalue weighted by Crippen LogP contribution is 2.29. The lowest BCUT2D eigenvalue weighted by molar-refractivity contribution is 0.592. The number of halogens is 2. The summed E-state index contributed by atoms with van der Waals surface area (Å²) in [6.45, 7) is 1.85. The van der Waals surface area contributed by atoms with Crippen LogP contribution in [0.2, 0.25) is 0 Å². The first-order valence-corrected chi connectivity index (χ1v) is 8.43. The normalized spacial score (nSPS) is 11.4. The number of nitrogens with two attached hydrogens (primary N) is 1. The minimum Gasteiger partial charge on any atom is -0.398 e. The number of nitrogen functional groups attached to an aromatic ring is 1. The van der Waals surface area contributed by atoms with Crippen molar-refractivity contribution in [1.82, 2.24) is 0 Å². The average molecular weight is 373 g/mol. The fourth-order valence-corrected chi connectivity index (χ4v) is 3.94. The van der Waals surface area contributed by atoms with Gasteiger partial charge in [0, 0.05) is 11.0 Å². The number of hydrogen-bond donors (Lipinski definition) is 1. The molecule has 0 aromatic heterocycles. The van der Waals surface area contributed by atoms with Gasteiger partial charge in [0.05, 0.1) is 11.4 Å². The Balaban J connectivity index is 2.54. The van der Waals surface area contributed by atoms with Gasteiger partial charge < -0.3 is 5.73 Å². The summed E-state index contributed by atoms with van der Waals surface area (Å²) in [5, 5.41) is 0. The fourth-order valence-electron chi connectivity index (χ4n) is 2.00. The van der Waals surface area contributed by atoms with Gasteiger partial charge in [-0.1, -0.05) is 22.0 Å². The summed E-state index contributed by atoms with van der Waals surface area (Å²) in [5.41, 5.74) is 6.20. The molecule has 0 aliphatic rings. The largest absolute Gasteiger partial charge is 0.398 e. The van der Waals surface area contributed by atoms with Crippen LogP contribution in [0, 0.1) is 5.82 Å². The average Bonchev–Trinajstić information content (AvgIpc) is 2.38. The van der Waals surface area contributed by atoms with Gasteiger partial charge in [0.2, 0.25) is 0 Å². The number of benzene rings is 2. The Hall–Kier alpha value is -1.60. The summed E-state index contributed by atoms with van der Waals surface area (Å²) >= 11 is 3.23. The van der Waals surface area contributed by atoms with Crippen molar-refractivity contribution >= 4 is 37.3 Å². The van der Waals surface area contributed by atoms with E-state index < -0.39 is 15.8 Å². The van der Waals surface area contributed by atoms with Crippen molar-refractivity contribution in [2.45, 2.75) is 11.8 Å². The highest BCUT2D eigenvalue weighted by atomic mass is 79.9. The van der Waals surface area contributed by atoms with Crippen molar-refractivity contribution < 1.29 is 12.8 Å². The summed E-state index contributed by atoms with van der Waals surface area (Å²) in [6.07, 6.45) is 0. The smallest absolute Gasteiger partial charge is 0.266 e. The molecule has 0 heterocycles. The van der Waals surface area contributed by atoms with Gasteiger partial charge in [0.25, 0.3) is 10.0 Å². The molecule has 0 unspecified atom stereocenters. The first kappa shape index (κ1) is 15.8. The molecule has 112 valence electrons. The van der Waals surface area contributed by atoms with Crippen LogP contribution < -0.4 is 10.0 Å². The molecule has 2 aromatic carbocycles. The van der Waals surface area contributed by atoms with Crippen molar-refractivity contribution in [2.24, 2.45) is 0 Å². The molecule has 0 radical (unpaired) electrons. The van der Waals surface area contributed by atoms with Crippen molar-refractivity contribution in [1.29, 1.82) is 0 Å². The maximum atomic E-state index is 13.3. The molecular formula is C14H14BrFN2O2S. The van der Waals surface area contributed by atoms with Crippen LogP contribution in [0.1, 0.15) is 6.92 Å². The second-order valence-corrected chi connectivity index (χ2v) is 7.08. The zero-order valence-electron chi connectivity index (χ0n) is 11.3. The van der Waals surface area contributed by atoms with E-state index in [0.717, 1.165) is 4.31 Å². The molecule has 0 atom stereocenters. The van der Waals surface area contributed by atoms with Crippen LogP contribution >= 0.6 is 15.9 Å². The molecule has 0 saturated heterocycles. The Morgan fingerprint density at radius 3 is 2.52 bits per heavy atom. The molecule has 0 aliphatic carbocycles. The van der Waals surface area contributed by atoms with Crippen LogP contribution in [0.5, 0.6) is 0 Å². The van der Waals surface area contributed by atoms with Gasteiger partial charge in [-0.15, -0.1) is 0 Å². The molecule has 0 fully saturated rings. The van der Waals surface area contributed by atoms with Gasteiger partial charge in [-0.25, -0.2) is 12.8 Å². The van der Waals surface area contributed by atoms with E-state index in [2.05, 4.69) is 15.9 Å². The summed E-state index contributed by atoms with van der Waals surface area (Å²) < 4.78 is 40.6. The van der Waals surface area contributed by atoms with Gasteiger partial charge in [-0.05, 0) is 43.3 Å². The van der Waals surface area contributed by atoms with E-state index in [1.807, 2.05) is 0 Å². The van der Waals surface area contributed by atoms with E-state index in [9.17, 15) is 12.8 Å². The third-order valence-corrected chi connectivity index (χ3v) is 5.39. The summed E-state index contributed by atoms with van der Waals surface area (Å²) in [5.74, 6) is -0.495. The fraction of sp³-hybridized carbons (Fsp3) is 0.143. The van der Waals surface area contributed by atoms with Crippen molar-refractivity contribution in [3.05, 3.63) is 52.8 Å². The van der Waals surface area contributed by atoms with Crippen LogP contribution in [0.3, 0.4) is 0 Å². The zero-order valence-corrected chi connectivity index (χ0v) is 13.7. The second kappa shape index (κ2) is 6.03. The minimum absolute atomic E-state index is 0.00295. The molecule has 0 spiro atoms. The van der Waals surface area contributed by atoms with Gasteiger partial charge in [0.15, 0.2) is 0 Å². The molecule has 0 aliphatic heterocycles. The van der Waals surface area contributed by atoms with E-state index in [1.165, 1.54) is 30.3 Å². The number of rotatable bonds is 4. The van der Waals surface area contributed by atoms with Crippen LogP contribution in [-0.2, 0) is 10.0 Å². The summed E-state index contributed by atoms with van der Waals surface area (Å²) in [7, 11) is -3.85. The Morgan fingerprint density at radius 2 is 1.95 bits per heavy atom. The lowest BCUT2D eigenvalue weighted by Gasteiger charge is -2.23. The maximum Gasteiger partial charge on any atom is 0.266 e. The van der Waals surface area contributed by atoms with Gasteiger partial charge in [0.1, 0.15) is 10.7 Å². The molecule has 2 rings (SSSR count). The molecule has 21 heavy (non-hydrogen) atoms. The monoisotopic (exact) mass is 372 g/mol. The number of anilines is 2.